The summed E-state index contributed by atoms with van der Waals surface area (Å²) >= 11 is 0. The molecule has 42 valence electrons. The highest BCUT2D eigenvalue weighted by molar-refractivity contribution is 4.70. The van der Waals surface area contributed by atoms with Crippen LogP contribution in [0, 0.1) is 6.92 Å². The van der Waals surface area contributed by atoms with Crippen LogP contribution in [0.25, 0.3) is 0 Å². The molecular weight excluding hydrogens is 102 g/mol. The van der Waals surface area contributed by atoms with E-state index in [1.807, 2.05) is 14.0 Å². The molecule has 3 heteroatoms. The summed E-state index contributed by atoms with van der Waals surface area (Å²) in [4.78, 5) is 3.91. The Morgan fingerprint density at radius 3 is 2.75 bits per heavy atom. The van der Waals surface area contributed by atoms with Gasteiger partial charge >= 0.3 is 0 Å². The molecule has 0 aromatic carbocycles. The van der Waals surface area contributed by atoms with Gasteiger partial charge in [-0.1, -0.05) is 4.68 Å². The number of rotatable bonds is 0. The first-order chi connectivity index (χ1) is 3.79. The molecule has 0 atom stereocenters. The fraction of sp³-hybridized carbons (Fsp3) is 0.400. The van der Waals surface area contributed by atoms with Crippen LogP contribution in [-0.4, -0.2) is 10.1 Å². The third-order valence-corrected chi connectivity index (χ3v) is 0.846. The second kappa shape index (κ2) is 1.86. The van der Waals surface area contributed by atoms with E-state index in [1.54, 1.807) is 17.1 Å². The molecule has 1 aromatic heterocycles. The minimum absolute atomic E-state index is 0.801. The Balaban J connectivity index is 3.08. The van der Waals surface area contributed by atoms with Crippen LogP contribution in [0.4, 0.5) is 0 Å². The molecule has 0 saturated heterocycles. The monoisotopic (exact) mass is 110 g/mol. The normalized spacial score (nSPS) is 9.25. The Morgan fingerprint density at radius 2 is 2.38 bits per heavy atom. The minimum Gasteiger partial charge on any atom is -0.230 e. The van der Waals surface area contributed by atoms with Gasteiger partial charge in [-0.05, 0) is 0 Å². The molecule has 0 bridgehead atoms. The van der Waals surface area contributed by atoms with Crippen molar-refractivity contribution in [3.8, 4) is 0 Å². The summed E-state index contributed by atoms with van der Waals surface area (Å²) in [6, 6.07) is 0. The summed E-state index contributed by atoms with van der Waals surface area (Å²) in [5.74, 6) is 0.801. The quantitative estimate of drug-likeness (QED) is 0.426. The topological polar surface area (TPSA) is 29.7 Å². The van der Waals surface area contributed by atoms with E-state index >= 15 is 0 Å². The first-order valence-corrected chi connectivity index (χ1v) is 2.44. The SMILES string of the molecule is Cc1ncc[n+](C)n1. The first kappa shape index (κ1) is 5.15. The van der Waals surface area contributed by atoms with Gasteiger partial charge in [0.1, 0.15) is 0 Å². The maximum absolute atomic E-state index is 3.98. The fourth-order valence-corrected chi connectivity index (χ4v) is 0.525. The molecular formula is C5H8N3+. The standard InChI is InChI=1S/C5H8N3/c1-5-6-3-4-8(2)7-5/h3-4H,1-2H3/q+1. The van der Waals surface area contributed by atoms with Crippen molar-refractivity contribution >= 4 is 0 Å². The molecule has 0 spiro atoms. The number of aromatic nitrogens is 3. The Hall–Kier alpha value is -0.990. The average molecular weight is 110 g/mol. The van der Waals surface area contributed by atoms with E-state index in [2.05, 4.69) is 10.1 Å². The van der Waals surface area contributed by atoms with Crippen molar-refractivity contribution in [3.63, 3.8) is 0 Å². The van der Waals surface area contributed by atoms with Crippen molar-refractivity contribution in [1.29, 1.82) is 0 Å². The van der Waals surface area contributed by atoms with E-state index in [0.29, 0.717) is 0 Å². The fourth-order valence-electron chi connectivity index (χ4n) is 0.525. The van der Waals surface area contributed by atoms with Crippen molar-refractivity contribution in [2.45, 2.75) is 6.92 Å². The first-order valence-electron chi connectivity index (χ1n) is 2.44. The van der Waals surface area contributed by atoms with Gasteiger partial charge in [-0.2, -0.15) is 0 Å². The van der Waals surface area contributed by atoms with Gasteiger partial charge in [0.25, 0.3) is 0 Å². The summed E-state index contributed by atoms with van der Waals surface area (Å²) in [5, 5.41) is 3.98. The summed E-state index contributed by atoms with van der Waals surface area (Å²) in [6.07, 6.45) is 3.52. The van der Waals surface area contributed by atoms with Gasteiger partial charge in [-0.25, -0.2) is 4.98 Å². The van der Waals surface area contributed by atoms with Gasteiger partial charge in [0, 0.05) is 12.0 Å². The molecule has 1 rings (SSSR count). The summed E-state index contributed by atoms with van der Waals surface area (Å²) in [6.45, 7) is 1.86. The second-order valence-electron chi connectivity index (χ2n) is 1.65. The zero-order chi connectivity index (χ0) is 5.98. The van der Waals surface area contributed by atoms with Crippen LogP contribution in [0.2, 0.25) is 0 Å². The van der Waals surface area contributed by atoms with Crippen molar-refractivity contribution < 1.29 is 4.68 Å². The number of nitrogens with zero attached hydrogens (tertiary/aromatic N) is 3. The Bertz CT molecular complexity index is 168. The van der Waals surface area contributed by atoms with Crippen LogP contribution in [-0.2, 0) is 7.05 Å². The zero-order valence-electron chi connectivity index (χ0n) is 5.00. The highest BCUT2D eigenvalue weighted by Crippen LogP contribution is 1.72. The predicted molar refractivity (Wildman–Crippen MR) is 27.9 cm³/mol. The van der Waals surface area contributed by atoms with E-state index < -0.39 is 0 Å². The molecule has 0 amide bonds. The molecule has 0 unspecified atom stereocenters. The van der Waals surface area contributed by atoms with Gasteiger partial charge in [0.05, 0.1) is 6.20 Å². The lowest BCUT2D eigenvalue weighted by Gasteiger charge is -1.82. The molecule has 0 aliphatic carbocycles. The Morgan fingerprint density at radius 1 is 1.62 bits per heavy atom. The lowest BCUT2D eigenvalue weighted by atomic mass is 10.7. The molecule has 3 nitrogen and oxygen atoms in total. The average Bonchev–Trinajstić information content (AvgIpc) is 1.64. The Kier molecular flexibility index (Phi) is 1.20. The number of hydrogen-bond acceptors (Lipinski definition) is 2. The van der Waals surface area contributed by atoms with E-state index in [4.69, 9.17) is 0 Å². The predicted octanol–water partition coefficient (Wildman–Crippen LogP) is -0.390. The van der Waals surface area contributed by atoms with Crippen LogP contribution in [0.1, 0.15) is 5.82 Å². The minimum atomic E-state index is 0.801. The van der Waals surface area contributed by atoms with E-state index in [0.717, 1.165) is 5.82 Å². The molecule has 1 heterocycles. The van der Waals surface area contributed by atoms with Gasteiger partial charge in [-0.3, -0.25) is 0 Å². The van der Waals surface area contributed by atoms with Crippen molar-refractivity contribution in [3.05, 3.63) is 18.2 Å². The number of hydrogen-bond donors (Lipinski definition) is 0. The third-order valence-electron chi connectivity index (χ3n) is 0.846. The highest BCUT2D eigenvalue weighted by Gasteiger charge is 1.90. The largest absolute Gasteiger partial charge is 0.230 e. The molecule has 0 saturated carbocycles. The molecule has 0 N–H and O–H groups in total. The van der Waals surface area contributed by atoms with Crippen LogP contribution in [0.15, 0.2) is 12.4 Å². The van der Waals surface area contributed by atoms with Gasteiger partial charge in [-0.15, -0.1) is 0 Å². The summed E-state index contributed by atoms with van der Waals surface area (Å²) in [5.41, 5.74) is 0. The molecule has 0 fully saturated rings. The molecule has 0 aliphatic rings. The van der Waals surface area contributed by atoms with E-state index in [-0.39, 0.29) is 0 Å². The van der Waals surface area contributed by atoms with Gasteiger partial charge < -0.3 is 0 Å². The van der Waals surface area contributed by atoms with Crippen LogP contribution in [0.5, 0.6) is 0 Å². The lowest BCUT2D eigenvalue weighted by Crippen LogP contribution is -2.33. The van der Waals surface area contributed by atoms with Crippen LogP contribution >= 0.6 is 0 Å². The zero-order valence-corrected chi connectivity index (χ0v) is 5.00. The second-order valence-corrected chi connectivity index (χ2v) is 1.65. The Labute approximate surface area is 48.0 Å². The third kappa shape index (κ3) is 0.992. The van der Waals surface area contributed by atoms with Crippen molar-refractivity contribution in [2.24, 2.45) is 7.05 Å². The van der Waals surface area contributed by atoms with Crippen molar-refractivity contribution in [2.75, 3.05) is 0 Å². The molecule has 0 radical (unpaired) electrons. The maximum atomic E-state index is 3.98. The molecule has 0 aliphatic heterocycles. The smallest absolute Gasteiger partial charge is 0.214 e. The van der Waals surface area contributed by atoms with Gasteiger partial charge in [0.2, 0.25) is 6.20 Å². The van der Waals surface area contributed by atoms with Crippen LogP contribution in [0.3, 0.4) is 0 Å². The van der Waals surface area contributed by atoms with Gasteiger partial charge in [0.15, 0.2) is 12.9 Å². The van der Waals surface area contributed by atoms with Crippen molar-refractivity contribution in [1.82, 2.24) is 10.1 Å². The van der Waals surface area contributed by atoms with E-state index in [9.17, 15) is 0 Å². The summed E-state index contributed by atoms with van der Waals surface area (Å²) in [7, 11) is 1.87. The highest BCUT2D eigenvalue weighted by atomic mass is 15.3. The van der Waals surface area contributed by atoms with E-state index in [1.165, 1.54) is 0 Å². The summed E-state index contributed by atoms with van der Waals surface area (Å²) < 4.78 is 1.72. The maximum Gasteiger partial charge on any atom is 0.214 e. The van der Waals surface area contributed by atoms with Crippen LogP contribution < -0.4 is 4.68 Å². The number of aryl methyl sites for hydroxylation is 2. The molecule has 8 heavy (non-hydrogen) atoms. The lowest BCUT2D eigenvalue weighted by molar-refractivity contribution is -0.732. The molecule has 1 aromatic rings.